The van der Waals surface area contributed by atoms with Crippen molar-refractivity contribution in [3.63, 3.8) is 0 Å². The van der Waals surface area contributed by atoms with Crippen molar-refractivity contribution in [2.24, 2.45) is 0 Å². The summed E-state index contributed by atoms with van der Waals surface area (Å²) in [5, 5.41) is 13.0. The van der Waals surface area contributed by atoms with E-state index in [1.54, 1.807) is 12.1 Å². The molecule has 19 heavy (non-hydrogen) atoms. The molecular formula is C12H12N2O5. The van der Waals surface area contributed by atoms with Crippen LogP contribution in [0.3, 0.4) is 0 Å². The van der Waals surface area contributed by atoms with Crippen LogP contribution in [-0.4, -0.2) is 28.9 Å². The fraction of sp³-hybridized carbons (Fsp3) is 0.333. The number of nitrogens with one attached hydrogen (secondary N) is 1. The van der Waals surface area contributed by atoms with Gasteiger partial charge in [0, 0.05) is 25.5 Å². The van der Waals surface area contributed by atoms with Gasteiger partial charge in [0.2, 0.25) is 5.91 Å². The molecule has 1 aliphatic rings. The summed E-state index contributed by atoms with van der Waals surface area (Å²) in [6.45, 7) is 1.33. The Morgan fingerprint density at radius 3 is 2.53 bits per heavy atom. The van der Waals surface area contributed by atoms with Crippen molar-refractivity contribution in [2.75, 3.05) is 0 Å². The summed E-state index contributed by atoms with van der Waals surface area (Å²) >= 11 is 0. The van der Waals surface area contributed by atoms with Gasteiger partial charge in [-0.05, 0) is 5.56 Å². The smallest absolute Gasteiger partial charge is 0.332 e. The topological polar surface area (TPSA) is 98.5 Å². The maximum Gasteiger partial charge on any atom is 0.332 e. The molecule has 2 atom stereocenters. The minimum Gasteiger partial charge on any atom is -0.458 e. The van der Waals surface area contributed by atoms with Gasteiger partial charge in [-0.25, -0.2) is 4.79 Å². The van der Waals surface area contributed by atoms with Crippen LogP contribution in [-0.2, 0) is 20.7 Å². The summed E-state index contributed by atoms with van der Waals surface area (Å²) in [7, 11) is 0. The average Bonchev–Trinajstić information content (AvgIpc) is 2.36. The van der Waals surface area contributed by atoms with Crippen molar-refractivity contribution >= 4 is 17.6 Å². The standard InChI is InChI=1S/C12H12N2O5/c1-7(15)13-11-10(19-12(11)16)6-8-2-4-9(5-3-8)14(17)18/h2-5,10-11H,6H2,1H3,(H,13,15)/t10-,11+/m1/s1. The Labute approximate surface area is 108 Å². The van der Waals surface area contributed by atoms with E-state index >= 15 is 0 Å². The van der Waals surface area contributed by atoms with Crippen LogP contribution in [0, 0.1) is 10.1 Å². The first kappa shape index (κ1) is 13.0. The van der Waals surface area contributed by atoms with Crippen LogP contribution in [0.25, 0.3) is 0 Å². The van der Waals surface area contributed by atoms with E-state index in [0.29, 0.717) is 6.42 Å². The van der Waals surface area contributed by atoms with Crippen molar-refractivity contribution < 1.29 is 19.2 Å². The molecule has 1 N–H and O–H groups in total. The van der Waals surface area contributed by atoms with Gasteiger partial charge < -0.3 is 10.1 Å². The second-order valence-electron chi connectivity index (χ2n) is 4.28. The third-order valence-electron chi connectivity index (χ3n) is 2.84. The second-order valence-corrected chi connectivity index (χ2v) is 4.28. The summed E-state index contributed by atoms with van der Waals surface area (Å²) in [6.07, 6.45) is -0.00726. The minimum atomic E-state index is -0.632. The summed E-state index contributed by atoms with van der Waals surface area (Å²) in [4.78, 5) is 32.1. The van der Waals surface area contributed by atoms with Gasteiger partial charge in [0.05, 0.1) is 4.92 Å². The van der Waals surface area contributed by atoms with E-state index in [9.17, 15) is 19.7 Å². The maximum atomic E-state index is 11.2. The molecule has 0 spiro atoms. The molecule has 0 bridgehead atoms. The SMILES string of the molecule is CC(=O)N[C@@H]1C(=O)O[C@@H]1Cc1ccc([N+](=O)[O-])cc1. The highest BCUT2D eigenvalue weighted by Gasteiger charge is 2.42. The lowest BCUT2D eigenvalue weighted by atomic mass is 9.97. The molecule has 7 nitrogen and oxygen atoms in total. The zero-order valence-electron chi connectivity index (χ0n) is 10.2. The van der Waals surface area contributed by atoms with E-state index in [2.05, 4.69) is 5.32 Å². The van der Waals surface area contributed by atoms with Crippen LogP contribution >= 0.6 is 0 Å². The number of ether oxygens (including phenoxy) is 1. The Balaban J connectivity index is 1.99. The van der Waals surface area contributed by atoms with Gasteiger partial charge in [-0.3, -0.25) is 14.9 Å². The van der Waals surface area contributed by atoms with Gasteiger partial charge in [0.25, 0.3) is 5.69 Å². The van der Waals surface area contributed by atoms with Crippen LogP contribution in [0.1, 0.15) is 12.5 Å². The predicted molar refractivity (Wildman–Crippen MR) is 64.3 cm³/mol. The molecule has 1 aromatic carbocycles. The third kappa shape index (κ3) is 2.87. The summed E-state index contributed by atoms with van der Waals surface area (Å²) in [5.41, 5.74) is 0.811. The van der Waals surface area contributed by atoms with Crippen molar-refractivity contribution in [3.05, 3.63) is 39.9 Å². The van der Waals surface area contributed by atoms with Crippen molar-refractivity contribution in [2.45, 2.75) is 25.5 Å². The number of nitrogens with zero attached hydrogens (tertiary/aromatic N) is 1. The quantitative estimate of drug-likeness (QED) is 0.487. The highest BCUT2D eigenvalue weighted by atomic mass is 16.6. The molecule has 0 radical (unpaired) electrons. The molecule has 0 unspecified atom stereocenters. The van der Waals surface area contributed by atoms with E-state index in [1.807, 2.05) is 0 Å². The predicted octanol–water partition coefficient (Wildman–Crippen LogP) is 0.567. The zero-order valence-corrected chi connectivity index (χ0v) is 10.2. The number of cyclic esters (lactones) is 1. The van der Waals surface area contributed by atoms with E-state index in [4.69, 9.17) is 4.74 Å². The normalized spacial score (nSPS) is 21.2. The molecule has 1 fully saturated rings. The molecule has 1 saturated heterocycles. The third-order valence-corrected chi connectivity index (χ3v) is 2.84. The fourth-order valence-electron chi connectivity index (χ4n) is 1.89. The number of amides is 1. The highest BCUT2D eigenvalue weighted by Crippen LogP contribution is 2.21. The number of hydrogen-bond donors (Lipinski definition) is 1. The Morgan fingerprint density at radius 2 is 2.05 bits per heavy atom. The number of benzene rings is 1. The van der Waals surface area contributed by atoms with Crippen LogP contribution < -0.4 is 5.32 Å². The molecule has 1 heterocycles. The van der Waals surface area contributed by atoms with Crippen molar-refractivity contribution in [1.82, 2.24) is 5.32 Å². The lowest BCUT2D eigenvalue weighted by Crippen LogP contribution is -2.60. The van der Waals surface area contributed by atoms with Crippen LogP contribution in [0.15, 0.2) is 24.3 Å². The van der Waals surface area contributed by atoms with E-state index < -0.39 is 23.0 Å². The lowest BCUT2D eigenvalue weighted by Gasteiger charge is -2.35. The van der Waals surface area contributed by atoms with Gasteiger partial charge in [0.1, 0.15) is 6.10 Å². The lowest BCUT2D eigenvalue weighted by molar-refractivity contribution is -0.384. The Kier molecular flexibility index (Phi) is 3.46. The van der Waals surface area contributed by atoms with Gasteiger partial charge in [-0.15, -0.1) is 0 Å². The number of carbonyl (C=O) groups excluding carboxylic acids is 2. The number of nitro benzene ring substituents is 1. The fourth-order valence-corrected chi connectivity index (χ4v) is 1.89. The molecule has 2 rings (SSSR count). The largest absolute Gasteiger partial charge is 0.458 e. The molecule has 1 amide bonds. The van der Waals surface area contributed by atoms with Gasteiger partial charge in [-0.1, -0.05) is 12.1 Å². The molecule has 1 aromatic rings. The molecule has 0 aliphatic carbocycles. The van der Waals surface area contributed by atoms with Crippen LogP contribution in [0.5, 0.6) is 0 Å². The molecule has 1 aliphatic heterocycles. The summed E-state index contributed by atoms with van der Waals surface area (Å²) in [6, 6.07) is 5.36. The number of rotatable bonds is 4. The number of non-ortho nitro benzene ring substituents is 1. The van der Waals surface area contributed by atoms with Crippen molar-refractivity contribution in [1.29, 1.82) is 0 Å². The first-order chi connectivity index (χ1) is 8.97. The number of carbonyl (C=O) groups is 2. The summed E-state index contributed by atoms with van der Waals surface area (Å²) in [5.74, 6) is -0.752. The molecule has 7 heteroatoms. The van der Waals surface area contributed by atoms with Crippen LogP contribution in [0.4, 0.5) is 5.69 Å². The summed E-state index contributed by atoms with van der Waals surface area (Å²) < 4.78 is 4.95. The molecule has 0 aromatic heterocycles. The van der Waals surface area contributed by atoms with E-state index in [0.717, 1.165) is 5.56 Å². The first-order valence-electron chi connectivity index (χ1n) is 5.68. The highest BCUT2D eigenvalue weighted by molar-refractivity contribution is 5.87. The Hall–Kier alpha value is -2.44. The zero-order chi connectivity index (χ0) is 14.0. The molecular weight excluding hydrogens is 252 g/mol. The van der Waals surface area contributed by atoms with E-state index in [1.165, 1.54) is 19.1 Å². The Morgan fingerprint density at radius 1 is 1.42 bits per heavy atom. The second kappa shape index (κ2) is 5.05. The molecule has 100 valence electrons. The maximum absolute atomic E-state index is 11.2. The van der Waals surface area contributed by atoms with Crippen molar-refractivity contribution in [3.8, 4) is 0 Å². The van der Waals surface area contributed by atoms with E-state index in [-0.39, 0.29) is 11.6 Å². The average molecular weight is 264 g/mol. The van der Waals surface area contributed by atoms with Gasteiger partial charge in [-0.2, -0.15) is 0 Å². The Bertz CT molecular complexity index is 525. The van der Waals surface area contributed by atoms with Gasteiger partial charge in [0.15, 0.2) is 6.04 Å². The van der Waals surface area contributed by atoms with Crippen LogP contribution in [0.2, 0.25) is 0 Å². The number of hydrogen-bond acceptors (Lipinski definition) is 5. The number of esters is 1. The minimum absolute atomic E-state index is 0.00719. The van der Waals surface area contributed by atoms with Gasteiger partial charge >= 0.3 is 5.97 Å². The monoisotopic (exact) mass is 264 g/mol. The first-order valence-corrected chi connectivity index (χ1v) is 5.68. The molecule has 0 saturated carbocycles. The number of nitro groups is 1.